The molecular weight excluding hydrogens is 276 g/mol. The lowest BCUT2D eigenvalue weighted by Crippen LogP contribution is -2.43. The van der Waals surface area contributed by atoms with Gasteiger partial charge >= 0.3 is 5.97 Å². The van der Waals surface area contributed by atoms with Crippen molar-refractivity contribution in [2.45, 2.75) is 17.1 Å². The van der Waals surface area contributed by atoms with Crippen LogP contribution in [0.1, 0.15) is 17.3 Å². The lowest BCUT2D eigenvalue weighted by atomic mass is 10.1. The summed E-state index contributed by atoms with van der Waals surface area (Å²) in [7, 11) is 3.89. The van der Waals surface area contributed by atoms with Gasteiger partial charge in [0.05, 0.1) is 16.5 Å². The Morgan fingerprint density at radius 3 is 2.75 bits per heavy atom. The third-order valence-electron chi connectivity index (χ3n) is 3.19. The molecule has 1 amide bonds. The Kier molecular flexibility index (Phi) is 4.35. The van der Waals surface area contributed by atoms with Crippen LogP contribution in [-0.4, -0.2) is 54.3 Å². The summed E-state index contributed by atoms with van der Waals surface area (Å²) in [6.07, 6.45) is 0. The summed E-state index contributed by atoms with van der Waals surface area (Å²) in [4.78, 5) is 28.1. The highest BCUT2D eigenvalue weighted by atomic mass is 32.2. The number of anilines is 1. The molecule has 1 atom stereocenters. The van der Waals surface area contributed by atoms with E-state index < -0.39 is 5.97 Å². The molecule has 0 aliphatic carbocycles. The van der Waals surface area contributed by atoms with Gasteiger partial charge in [-0.1, -0.05) is 0 Å². The van der Waals surface area contributed by atoms with Gasteiger partial charge in [-0.3, -0.25) is 4.79 Å². The van der Waals surface area contributed by atoms with Gasteiger partial charge in [0.25, 0.3) is 0 Å². The first-order chi connectivity index (χ1) is 9.40. The van der Waals surface area contributed by atoms with E-state index in [2.05, 4.69) is 0 Å². The van der Waals surface area contributed by atoms with Crippen molar-refractivity contribution < 1.29 is 14.7 Å². The Balaban J connectivity index is 2.38. The molecule has 0 radical (unpaired) electrons. The van der Waals surface area contributed by atoms with Crippen LogP contribution in [0.3, 0.4) is 0 Å². The molecule has 0 spiro atoms. The van der Waals surface area contributed by atoms with Gasteiger partial charge in [-0.2, -0.15) is 0 Å². The molecule has 0 aromatic heterocycles. The molecule has 0 saturated heterocycles. The number of carbonyl (C=O) groups is 2. The smallest absolute Gasteiger partial charge is 0.335 e. The Morgan fingerprint density at radius 2 is 2.15 bits per heavy atom. The monoisotopic (exact) mass is 294 g/mol. The quantitative estimate of drug-likeness (QED) is 0.917. The largest absolute Gasteiger partial charge is 0.478 e. The van der Waals surface area contributed by atoms with Crippen LogP contribution in [0.5, 0.6) is 0 Å². The minimum absolute atomic E-state index is 0.0342. The zero-order valence-electron chi connectivity index (χ0n) is 11.8. The Bertz CT molecular complexity index is 545. The van der Waals surface area contributed by atoms with Crippen molar-refractivity contribution in [3.63, 3.8) is 0 Å². The molecule has 1 aromatic carbocycles. The number of amides is 1. The molecule has 0 saturated carbocycles. The molecule has 1 aliphatic rings. The standard InChI is InChI=1S/C14H18N2O3S/c1-9-13(17)16(7-6-15(2)3)11-8-10(14(18)19)4-5-12(11)20-9/h4-5,8-9H,6-7H2,1-3H3,(H,18,19). The van der Waals surface area contributed by atoms with Crippen LogP contribution in [0.4, 0.5) is 5.69 Å². The van der Waals surface area contributed by atoms with Gasteiger partial charge in [-0.25, -0.2) is 4.79 Å². The molecule has 1 aromatic rings. The van der Waals surface area contributed by atoms with Gasteiger partial charge in [0.15, 0.2) is 0 Å². The number of carboxylic acid groups (broad SMARTS) is 1. The van der Waals surface area contributed by atoms with Crippen LogP contribution >= 0.6 is 11.8 Å². The molecule has 5 nitrogen and oxygen atoms in total. The summed E-state index contributed by atoms with van der Waals surface area (Å²) in [5, 5.41) is 8.95. The number of likely N-dealkylation sites (N-methyl/N-ethyl adjacent to an activating group) is 1. The van der Waals surface area contributed by atoms with E-state index >= 15 is 0 Å². The van der Waals surface area contributed by atoms with E-state index in [1.807, 2.05) is 25.9 Å². The summed E-state index contributed by atoms with van der Waals surface area (Å²) >= 11 is 1.48. The van der Waals surface area contributed by atoms with E-state index in [4.69, 9.17) is 5.11 Å². The first kappa shape index (κ1) is 14.9. The predicted molar refractivity (Wildman–Crippen MR) is 79.6 cm³/mol. The average molecular weight is 294 g/mol. The highest BCUT2D eigenvalue weighted by Gasteiger charge is 2.31. The van der Waals surface area contributed by atoms with Crippen LogP contribution < -0.4 is 4.90 Å². The van der Waals surface area contributed by atoms with Gasteiger partial charge in [-0.05, 0) is 39.2 Å². The number of rotatable bonds is 4. The number of hydrogen-bond acceptors (Lipinski definition) is 4. The van der Waals surface area contributed by atoms with Gasteiger partial charge in [0.2, 0.25) is 5.91 Å². The lowest BCUT2D eigenvalue weighted by molar-refractivity contribution is -0.118. The minimum atomic E-state index is -0.976. The first-order valence-corrected chi connectivity index (χ1v) is 7.28. The summed E-state index contributed by atoms with van der Waals surface area (Å²) in [6, 6.07) is 4.96. The number of thioether (sulfide) groups is 1. The highest BCUT2D eigenvalue weighted by molar-refractivity contribution is 8.00. The first-order valence-electron chi connectivity index (χ1n) is 6.40. The van der Waals surface area contributed by atoms with Crippen molar-refractivity contribution in [3.8, 4) is 0 Å². The average Bonchev–Trinajstić information content (AvgIpc) is 2.38. The van der Waals surface area contributed by atoms with Crippen molar-refractivity contribution >= 4 is 29.3 Å². The molecular formula is C14H18N2O3S. The molecule has 2 rings (SSSR count). The summed E-state index contributed by atoms with van der Waals surface area (Å²) in [5.41, 5.74) is 0.918. The lowest BCUT2D eigenvalue weighted by Gasteiger charge is -2.33. The number of nitrogens with zero attached hydrogens (tertiary/aromatic N) is 2. The summed E-state index contributed by atoms with van der Waals surface area (Å²) in [5.74, 6) is -0.941. The predicted octanol–water partition coefficient (Wildman–Crippen LogP) is 1.77. The van der Waals surface area contributed by atoms with E-state index in [1.54, 1.807) is 23.1 Å². The van der Waals surface area contributed by atoms with E-state index in [-0.39, 0.29) is 16.7 Å². The van der Waals surface area contributed by atoms with Crippen molar-refractivity contribution in [3.05, 3.63) is 23.8 Å². The van der Waals surface area contributed by atoms with E-state index in [9.17, 15) is 9.59 Å². The van der Waals surface area contributed by atoms with Crippen LogP contribution in [0.2, 0.25) is 0 Å². The van der Waals surface area contributed by atoms with Crippen LogP contribution in [0.15, 0.2) is 23.1 Å². The molecule has 1 N–H and O–H groups in total. The Morgan fingerprint density at radius 1 is 1.45 bits per heavy atom. The van der Waals surface area contributed by atoms with Crippen LogP contribution in [-0.2, 0) is 4.79 Å². The van der Waals surface area contributed by atoms with Crippen molar-refractivity contribution in [1.82, 2.24) is 4.90 Å². The Hall–Kier alpha value is -1.53. The number of aromatic carboxylic acids is 1. The second kappa shape index (κ2) is 5.85. The maximum absolute atomic E-state index is 12.3. The minimum Gasteiger partial charge on any atom is -0.478 e. The van der Waals surface area contributed by atoms with Gasteiger partial charge in [0.1, 0.15) is 0 Å². The van der Waals surface area contributed by atoms with Crippen molar-refractivity contribution in [2.75, 3.05) is 32.1 Å². The highest BCUT2D eigenvalue weighted by Crippen LogP contribution is 2.39. The van der Waals surface area contributed by atoms with E-state index in [0.717, 1.165) is 11.4 Å². The molecule has 20 heavy (non-hydrogen) atoms. The molecule has 0 fully saturated rings. The van der Waals surface area contributed by atoms with Crippen LogP contribution in [0, 0.1) is 0 Å². The number of fused-ring (bicyclic) bond motifs is 1. The normalized spacial score (nSPS) is 18.3. The van der Waals surface area contributed by atoms with Crippen molar-refractivity contribution in [2.24, 2.45) is 0 Å². The number of carboxylic acids is 1. The molecule has 108 valence electrons. The number of carbonyl (C=O) groups excluding carboxylic acids is 1. The fourth-order valence-corrected chi connectivity index (χ4v) is 3.12. The molecule has 1 unspecified atom stereocenters. The summed E-state index contributed by atoms with van der Waals surface area (Å²) < 4.78 is 0. The zero-order valence-corrected chi connectivity index (χ0v) is 12.6. The third-order valence-corrected chi connectivity index (χ3v) is 4.34. The van der Waals surface area contributed by atoms with Gasteiger partial charge < -0.3 is 14.9 Å². The van der Waals surface area contributed by atoms with E-state index in [0.29, 0.717) is 12.2 Å². The van der Waals surface area contributed by atoms with Gasteiger partial charge in [-0.15, -0.1) is 11.8 Å². The molecule has 1 aliphatic heterocycles. The fourth-order valence-electron chi connectivity index (χ4n) is 2.07. The molecule has 1 heterocycles. The molecule has 0 bridgehead atoms. The maximum Gasteiger partial charge on any atom is 0.335 e. The third kappa shape index (κ3) is 2.96. The fraction of sp³-hybridized carbons (Fsp3) is 0.429. The Labute approximate surface area is 122 Å². The zero-order chi connectivity index (χ0) is 14.9. The van der Waals surface area contributed by atoms with Gasteiger partial charge in [0, 0.05) is 18.0 Å². The number of benzene rings is 1. The topological polar surface area (TPSA) is 60.9 Å². The van der Waals surface area contributed by atoms with Crippen LogP contribution in [0.25, 0.3) is 0 Å². The summed E-state index contributed by atoms with van der Waals surface area (Å²) in [6.45, 7) is 3.18. The van der Waals surface area contributed by atoms with Crippen molar-refractivity contribution in [1.29, 1.82) is 0 Å². The van der Waals surface area contributed by atoms with E-state index in [1.165, 1.54) is 11.8 Å². The number of hydrogen-bond donors (Lipinski definition) is 1. The SMILES string of the molecule is CC1Sc2ccc(C(=O)O)cc2N(CCN(C)C)C1=O. The maximum atomic E-state index is 12.3. The second-order valence-electron chi connectivity index (χ2n) is 5.04. The molecule has 6 heteroatoms. The second-order valence-corrected chi connectivity index (χ2v) is 6.42.